The van der Waals surface area contributed by atoms with Crippen molar-refractivity contribution in [1.29, 1.82) is 0 Å². The molecule has 1 aromatic rings. The van der Waals surface area contributed by atoms with Gasteiger partial charge in [0, 0.05) is 0 Å². The van der Waals surface area contributed by atoms with Crippen LogP contribution in [0.3, 0.4) is 0 Å². The summed E-state index contributed by atoms with van der Waals surface area (Å²) in [4.78, 5) is 38.5. The summed E-state index contributed by atoms with van der Waals surface area (Å²) in [5.74, 6) is -3.41. The summed E-state index contributed by atoms with van der Waals surface area (Å²) in [6, 6.07) is 12.0. The third-order valence-corrected chi connectivity index (χ3v) is 3.10. The lowest BCUT2D eigenvalue weighted by Crippen LogP contribution is -2.02. The van der Waals surface area contributed by atoms with E-state index >= 15 is 0 Å². The highest BCUT2D eigenvalue weighted by molar-refractivity contribution is 5.75. The van der Waals surface area contributed by atoms with Crippen molar-refractivity contribution in [3.05, 3.63) is 36.4 Å². The third-order valence-electron chi connectivity index (χ3n) is 3.10. The number of carboxylic acid groups (broad SMARTS) is 4. The van der Waals surface area contributed by atoms with Gasteiger partial charge in [-0.05, 0) is 0 Å². The Balaban J connectivity index is 0.000000187. The van der Waals surface area contributed by atoms with Crippen LogP contribution in [0, 0.1) is 0 Å². The maximum absolute atomic E-state index is 9.64. The highest BCUT2D eigenvalue weighted by atomic mass is 16.6. The smallest absolute Gasteiger partial charge is 0.335 e. The Morgan fingerprint density at radius 2 is 0.600 bits per heavy atom. The van der Waals surface area contributed by atoms with Gasteiger partial charge >= 0.3 is 23.9 Å². The second kappa shape index (κ2) is 13.2. The molecule has 0 spiro atoms. The Kier molecular flexibility index (Phi) is 11.0. The fourth-order valence-corrected chi connectivity index (χ4v) is 1.15. The van der Waals surface area contributed by atoms with E-state index in [1.54, 1.807) is 0 Å². The first-order valence-electron chi connectivity index (χ1n) is 8.60. The standard InChI is InChI=1S/C6H6.4C3H4O3/c1-2-4-6-5-3-1;4*4-3(5)2-1-6-2/h1-6H;4*2H,1H2,(H,4,5). The van der Waals surface area contributed by atoms with Crippen LogP contribution in [0.15, 0.2) is 36.4 Å². The molecular formula is C18H22O12. The van der Waals surface area contributed by atoms with E-state index in [1.165, 1.54) is 0 Å². The van der Waals surface area contributed by atoms with Gasteiger partial charge < -0.3 is 39.4 Å². The van der Waals surface area contributed by atoms with Crippen molar-refractivity contribution in [2.45, 2.75) is 24.4 Å². The van der Waals surface area contributed by atoms with Crippen molar-refractivity contribution >= 4 is 23.9 Å². The molecule has 4 atom stereocenters. The van der Waals surface area contributed by atoms with Gasteiger partial charge in [-0.2, -0.15) is 0 Å². The minimum absolute atomic E-state index is 0.398. The first-order valence-corrected chi connectivity index (χ1v) is 8.60. The SMILES string of the molecule is O=C(O)C1CO1.O=C(O)C1CO1.O=C(O)C1CO1.O=C(O)C1CO1.c1ccccc1. The van der Waals surface area contributed by atoms with Crippen molar-refractivity contribution in [2.75, 3.05) is 26.4 Å². The van der Waals surface area contributed by atoms with Crippen LogP contribution in [0.5, 0.6) is 0 Å². The molecule has 4 aliphatic rings. The normalized spacial score (nSPS) is 25.3. The van der Waals surface area contributed by atoms with Crippen LogP contribution in [0.2, 0.25) is 0 Å². The van der Waals surface area contributed by atoms with Gasteiger partial charge in [-0.3, -0.25) is 0 Å². The average molecular weight is 430 g/mol. The number of aliphatic carboxylic acids is 4. The van der Waals surface area contributed by atoms with Crippen LogP contribution in [0.1, 0.15) is 0 Å². The molecule has 0 radical (unpaired) electrons. The molecule has 5 rings (SSSR count). The largest absolute Gasteiger partial charge is 0.479 e. The Bertz CT molecular complexity index is 561. The molecule has 4 unspecified atom stereocenters. The highest BCUT2D eigenvalue weighted by Crippen LogP contribution is 2.08. The second-order valence-electron chi connectivity index (χ2n) is 5.80. The number of rotatable bonds is 4. The van der Waals surface area contributed by atoms with Gasteiger partial charge in [-0.25, -0.2) is 19.2 Å². The second-order valence-corrected chi connectivity index (χ2v) is 5.80. The van der Waals surface area contributed by atoms with Crippen LogP contribution in [-0.2, 0) is 38.1 Å². The van der Waals surface area contributed by atoms with Gasteiger partial charge in [-0.1, -0.05) is 36.4 Å². The molecule has 1 aromatic carbocycles. The van der Waals surface area contributed by atoms with Gasteiger partial charge in [0.1, 0.15) is 0 Å². The van der Waals surface area contributed by atoms with Crippen LogP contribution < -0.4 is 0 Å². The minimum atomic E-state index is -0.852. The molecule has 4 heterocycles. The molecule has 30 heavy (non-hydrogen) atoms. The minimum Gasteiger partial charge on any atom is -0.479 e. The maximum atomic E-state index is 9.64. The van der Waals surface area contributed by atoms with E-state index in [0.717, 1.165) is 0 Å². The molecule has 0 amide bonds. The van der Waals surface area contributed by atoms with Crippen molar-refractivity contribution in [3.63, 3.8) is 0 Å². The summed E-state index contributed by atoms with van der Waals surface area (Å²) in [5.41, 5.74) is 0. The average Bonchev–Trinajstić information content (AvgIpc) is 3.59. The van der Waals surface area contributed by atoms with Crippen LogP contribution in [-0.4, -0.2) is 95.1 Å². The number of hydrogen-bond acceptors (Lipinski definition) is 8. The molecular weight excluding hydrogens is 408 g/mol. The molecule has 4 saturated heterocycles. The van der Waals surface area contributed by atoms with E-state index in [-0.39, 0.29) is 0 Å². The van der Waals surface area contributed by atoms with Crippen molar-refractivity contribution in [1.82, 2.24) is 0 Å². The molecule has 0 saturated carbocycles. The monoisotopic (exact) mass is 430 g/mol. The van der Waals surface area contributed by atoms with E-state index in [4.69, 9.17) is 20.4 Å². The number of epoxide rings is 4. The quantitative estimate of drug-likeness (QED) is 0.450. The number of hydrogen-bond donors (Lipinski definition) is 4. The van der Waals surface area contributed by atoms with Crippen molar-refractivity contribution in [3.8, 4) is 0 Å². The Morgan fingerprint density at radius 3 is 0.633 bits per heavy atom. The van der Waals surface area contributed by atoms with Gasteiger partial charge in [-0.15, -0.1) is 0 Å². The molecule has 4 fully saturated rings. The fraction of sp³-hybridized carbons (Fsp3) is 0.444. The van der Waals surface area contributed by atoms with Gasteiger partial charge in [0.15, 0.2) is 24.4 Å². The number of carbonyl (C=O) groups is 4. The zero-order valence-electron chi connectivity index (χ0n) is 15.7. The van der Waals surface area contributed by atoms with Gasteiger partial charge in [0.25, 0.3) is 0 Å². The molecule has 0 aromatic heterocycles. The summed E-state index contributed by atoms with van der Waals surface area (Å²) in [5, 5.41) is 31.7. The zero-order chi connectivity index (χ0) is 22.5. The Labute approximate surface area is 170 Å². The molecule has 12 heteroatoms. The van der Waals surface area contributed by atoms with Crippen LogP contribution in [0.4, 0.5) is 0 Å². The third kappa shape index (κ3) is 14.9. The number of carboxylic acids is 4. The van der Waals surface area contributed by atoms with Gasteiger partial charge in [0.05, 0.1) is 26.4 Å². The summed E-state index contributed by atoms with van der Waals surface area (Å²) in [7, 11) is 0. The summed E-state index contributed by atoms with van der Waals surface area (Å²) < 4.78 is 17.5. The van der Waals surface area contributed by atoms with E-state index in [2.05, 4.69) is 18.9 Å². The van der Waals surface area contributed by atoms with E-state index in [9.17, 15) is 19.2 Å². The van der Waals surface area contributed by atoms with Crippen molar-refractivity contribution < 1.29 is 58.6 Å². The molecule has 166 valence electrons. The van der Waals surface area contributed by atoms with Gasteiger partial charge in [0.2, 0.25) is 0 Å². The molecule has 4 aliphatic heterocycles. The molecule has 0 bridgehead atoms. The lowest BCUT2D eigenvalue weighted by Gasteiger charge is -1.72. The first-order chi connectivity index (χ1) is 14.2. The van der Waals surface area contributed by atoms with E-state index < -0.39 is 48.3 Å². The van der Waals surface area contributed by atoms with Crippen molar-refractivity contribution in [2.24, 2.45) is 0 Å². The zero-order valence-corrected chi connectivity index (χ0v) is 15.7. The fourth-order valence-electron chi connectivity index (χ4n) is 1.15. The van der Waals surface area contributed by atoms with E-state index in [0.29, 0.717) is 26.4 Å². The first kappa shape index (κ1) is 25.0. The molecule has 12 nitrogen and oxygen atoms in total. The lowest BCUT2D eigenvalue weighted by molar-refractivity contribution is -0.139. The maximum Gasteiger partial charge on any atom is 0.335 e. The highest BCUT2D eigenvalue weighted by Gasteiger charge is 2.31. The Hall–Kier alpha value is -3.06. The summed E-state index contributed by atoms with van der Waals surface area (Å²) in [6.45, 7) is 1.59. The summed E-state index contributed by atoms with van der Waals surface area (Å²) in [6.07, 6.45) is -1.93. The predicted molar refractivity (Wildman–Crippen MR) is 95.9 cm³/mol. The molecule has 0 aliphatic carbocycles. The topological polar surface area (TPSA) is 199 Å². The number of benzene rings is 1. The summed E-state index contributed by atoms with van der Waals surface area (Å²) >= 11 is 0. The molecule has 4 N–H and O–H groups in total. The number of ether oxygens (including phenoxy) is 4. The lowest BCUT2D eigenvalue weighted by atomic mass is 10.4. The van der Waals surface area contributed by atoms with Crippen LogP contribution in [0.25, 0.3) is 0 Å². The van der Waals surface area contributed by atoms with Crippen LogP contribution >= 0.6 is 0 Å². The predicted octanol–water partition coefficient (Wildman–Crippen LogP) is -0.434. The van der Waals surface area contributed by atoms with E-state index in [1.807, 2.05) is 36.4 Å². The Morgan fingerprint density at radius 1 is 0.467 bits per heavy atom.